The molecule has 3 N–H and O–H groups in total. The zero-order valence-corrected chi connectivity index (χ0v) is 10.0. The van der Waals surface area contributed by atoms with Crippen LogP contribution in [0.15, 0.2) is 18.2 Å². The summed E-state index contributed by atoms with van der Waals surface area (Å²) in [5.74, 6) is 0.821. The van der Waals surface area contributed by atoms with Crippen LogP contribution in [0.4, 0.5) is 0 Å². The van der Waals surface area contributed by atoms with Crippen LogP contribution in [0.25, 0.3) is 10.9 Å². The number of aromatic amines is 1. The van der Waals surface area contributed by atoms with Gasteiger partial charge in [-0.15, -0.1) is 0 Å². The molecule has 0 aliphatic rings. The van der Waals surface area contributed by atoms with Crippen molar-refractivity contribution < 1.29 is 9.53 Å². The molecule has 1 heterocycles. The van der Waals surface area contributed by atoms with Crippen LogP contribution in [0.5, 0.6) is 5.75 Å². The number of hydrogen-bond donors (Lipinski definition) is 2. The second kappa shape index (κ2) is 4.59. The van der Waals surface area contributed by atoms with Crippen LogP contribution >= 0.6 is 0 Å². The zero-order chi connectivity index (χ0) is 12.4. The summed E-state index contributed by atoms with van der Waals surface area (Å²) in [5, 5.41) is 0.903. The van der Waals surface area contributed by atoms with Crippen LogP contribution in [0, 0.1) is 6.92 Å². The number of nitrogens with two attached hydrogens (primary N) is 1. The molecule has 0 aliphatic heterocycles. The molecule has 1 aromatic heterocycles. The van der Waals surface area contributed by atoms with Gasteiger partial charge in [0.1, 0.15) is 5.75 Å². The number of benzene rings is 1. The third kappa shape index (κ3) is 1.91. The van der Waals surface area contributed by atoms with Crippen molar-refractivity contribution in [1.29, 1.82) is 0 Å². The Kier molecular flexibility index (Phi) is 3.15. The smallest absolute Gasteiger partial charge is 0.166 e. The highest BCUT2D eigenvalue weighted by molar-refractivity contribution is 6.10. The number of carbonyl (C=O) groups is 1. The highest BCUT2D eigenvalue weighted by Gasteiger charge is 2.16. The molecule has 0 saturated heterocycles. The molecular formula is C13H16N2O2. The Balaban J connectivity index is 2.64. The van der Waals surface area contributed by atoms with E-state index in [2.05, 4.69) is 4.98 Å². The molecule has 0 aliphatic carbocycles. The summed E-state index contributed by atoms with van der Waals surface area (Å²) in [6, 6.07) is 5.67. The van der Waals surface area contributed by atoms with Gasteiger partial charge in [0, 0.05) is 23.1 Å². The summed E-state index contributed by atoms with van der Waals surface area (Å²) in [7, 11) is 1.62. The van der Waals surface area contributed by atoms with Gasteiger partial charge in [-0.3, -0.25) is 4.79 Å². The molecule has 90 valence electrons. The molecule has 0 amide bonds. The molecule has 0 saturated carbocycles. The van der Waals surface area contributed by atoms with E-state index in [1.807, 2.05) is 25.1 Å². The lowest BCUT2D eigenvalue weighted by atomic mass is 10.0. The van der Waals surface area contributed by atoms with E-state index in [4.69, 9.17) is 10.5 Å². The number of aromatic nitrogens is 1. The fourth-order valence-corrected chi connectivity index (χ4v) is 2.11. The lowest BCUT2D eigenvalue weighted by Crippen LogP contribution is -2.08. The average molecular weight is 232 g/mol. The summed E-state index contributed by atoms with van der Waals surface area (Å²) in [6.07, 6.45) is 0.366. The number of ether oxygens (including phenoxy) is 1. The topological polar surface area (TPSA) is 68.1 Å². The first kappa shape index (κ1) is 11.7. The predicted octanol–water partition coefficient (Wildman–Crippen LogP) is 2.02. The molecule has 0 bridgehead atoms. The second-order valence-corrected chi connectivity index (χ2v) is 3.97. The SMILES string of the molecule is COc1cccc2c(C(=O)CCN)c(C)[nH]c12. The first-order valence-electron chi connectivity index (χ1n) is 5.57. The summed E-state index contributed by atoms with van der Waals surface area (Å²) in [6.45, 7) is 2.26. The summed E-state index contributed by atoms with van der Waals surface area (Å²) in [5.41, 5.74) is 7.89. The van der Waals surface area contributed by atoms with E-state index in [0.717, 1.165) is 27.9 Å². The maximum Gasteiger partial charge on any atom is 0.166 e. The van der Waals surface area contributed by atoms with E-state index in [1.54, 1.807) is 7.11 Å². The van der Waals surface area contributed by atoms with Crippen molar-refractivity contribution in [3.05, 3.63) is 29.5 Å². The number of nitrogens with one attached hydrogen (secondary N) is 1. The van der Waals surface area contributed by atoms with Gasteiger partial charge < -0.3 is 15.5 Å². The van der Waals surface area contributed by atoms with Crippen molar-refractivity contribution in [2.24, 2.45) is 5.73 Å². The van der Waals surface area contributed by atoms with Crippen LogP contribution in [0.3, 0.4) is 0 Å². The summed E-state index contributed by atoms with van der Waals surface area (Å²) < 4.78 is 5.27. The predicted molar refractivity (Wildman–Crippen MR) is 67.6 cm³/mol. The largest absolute Gasteiger partial charge is 0.495 e. The van der Waals surface area contributed by atoms with Gasteiger partial charge in [-0.1, -0.05) is 12.1 Å². The van der Waals surface area contributed by atoms with Gasteiger partial charge in [-0.25, -0.2) is 0 Å². The van der Waals surface area contributed by atoms with E-state index in [1.165, 1.54) is 0 Å². The van der Waals surface area contributed by atoms with Crippen LogP contribution in [-0.2, 0) is 0 Å². The number of para-hydroxylation sites is 1. The van der Waals surface area contributed by atoms with Crippen LogP contribution in [0.2, 0.25) is 0 Å². The highest BCUT2D eigenvalue weighted by atomic mass is 16.5. The van der Waals surface area contributed by atoms with Crippen molar-refractivity contribution in [1.82, 2.24) is 4.98 Å². The van der Waals surface area contributed by atoms with Gasteiger partial charge >= 0.3 is 0 Å². The minimum Gasteiger partial charge on any atom is -0.495 e. The Morgan fingerprint density at radius 2 is 2.24 bits per heavy atom. The van der Waals surface area contributed by atoms with Gasteiger partial charge in [-0.2, -0.15) is 0 Å². The van der Waals surface area contributed by atoms with E-state index in [0.29, 0.717) is 13.0 Å². The molecule has 4 heteroatoms. The second-order valence-electron chi connectivity index (χ2n) is 3.97. The molecule has 17 heavy (non-hydrogen) atoms. The molecule has 2 aromatic rings. The first-order valence-corrected chi connectivity index (χ1v) is 5.57. The summed E-state index contributed by atoms with van der Waals surface area (Å²) in [4.78, 5) is 15.2. The number of methoxy groups -OCH3 is 1. The number of ketones is 1. The zero-order valence-electron chi connectivity index (χ0n) is 10.0. The van der Waals surface area contributed by atoms with E-state index in [9.17, 15) is 4.79 Å². The number of aryl methyl sites for hydroxylation is 1. The maximum absolute atomic E-state index is 12.0. The molecule has 2 rings (SSSR count). The Labute approximate surface area is 99.8 Å². The van der Waals surface area contributed by atoms with Crippen LogP contribution in [0.1, 0.15) is 22.5 Å². The lowest BCUT2D eigenvalue weighted by Gasteiger charge is -2.01. The molecule has 0 spiro atoms. The van der Waals surface area contributed by atoms with Crippen molar-refractivity contribution in [2.45, 2.75) is 13.3 Å². The number of carbonyl (C=O) groups excluding carboxylic acids is 1. The Bertz CT molecular complexity index is 558. The standard InChI is InChI=1S/C13H16N2O2/c1-8-12(10(16)6-7-14)9-4-3-5-11(17-2)13(9)15-8/h3-5,15H,6-7,14H2,1-2H3. The van der Waals surface area contributed by atoms with Crippen molar-refractivity contribution >= 4 is 16.7 Å². The molecule has 4 nitrogen and oxygen atoms in total. The molecule has 0 fully saturated rings. The van der Waals surface area contributed by atoms with E-state index < -0.39 is 0 Å². The van der Waals surface area contributed by atoms with Crippen molar-refractivity contribution in [3.63, 3.8) is 0 Å². The van der Waals surface area contributed by atoms with Gasteiger partial charge in [0.2, 0.25) is 0 Å². The van der Waals surface area contributed by atoms with Crippen molar-refractivity contribution in [3.8, 4) is 5.75 Å². The third-order valence-corrected chi connectivity index (χ3v) is 2.85. The fourth-order valence-electron chi connectivity index (χ4n) is 2.11. The molecule has 1 aromatic carbocycles. The minimum absolute atomic E-state index is 0.0736. The normalized spacial score (nSPS) is 10.8. The molecule has 0 unspecified atom stereocenters. The first-order chi connectivity index (χ1) is 8.19. The Morgan fingerprint density at radius 3 is 2.88 bits per heavy atom. The molecule has 0 radical (unpaired) electrons. The average Bonchev–Trinajstić information content (AvgIpc) is 2.65. The number of fused-ring (bicyclic) bond motifs is 1. The maximum atomic E-state index is 12.0. The quantitative estimate of drug-likeness (QED) is 0.792. The number of hydrogen-bond acceptors (Lipinski definition) is 3. The minimum atomic E-state index is 0.0736. The Hall–Kier alpha value is -1.81. The van der Waals surface area contributed by atoms with E-state index in [-0.39, 0.29) is 5.78 Å². The summed E-state index contributed by atoms with van der Waals surface area (Å²) >= 11 is 0. The fraction of sp³-hybridized carbons (Fsp3) is 0.308. The van der Waals surface area contributed by atoms with Crippen molar-refractivity contribution in [2.75, 3.05) is 13.7 Å². The lowest BCUT2D eigenvalue weighted by molar-refractivity contribution is 0.0986. The third-order valence-electron chi connectivity index (χ3n) is 2.85. The van der Waals surface area contributed by atoms with Crippen LogP contribution in [-0.4, -0.2) is 24.4 Å². The number of Topliss-reactive ketones (excluding diaryl/α,β-unsaturated/α-hetero) is 1. The highest BCUT2D eigenvalue weighted by Crippen LogP contribution is 2.29. The van der Waals surface area contributed by atoms with Gasteiger partial charge in [0.15, 0.2) is 5.78 Å². The van der Waals surface area contributed by atoms with Crippen LogP contribution < -0.4 is 10.5 Å². The van der Waals surface area contributed by atoms with E-state index >= 15 is 0 Å². The Morgan fingerprint density at radius 1 is 1.47 bits per heavy atom. The number of H-pyrrole nitrogens is 1. The number of rotatable bonds is 4. The monoisotopic (exact) mass is 232 g/mol. The van der Waals surface area contributed by atoms with Gasteiger partial charge in [0.25, 0.3) is 0 Å². The molecule has 0 atom stereocenters. The molecular weight excluding hydrogens is 216 g/mol. The van der Waals surface area contributed by atoms with Gasteiger partial charge in [0.05, 0.1) is 12.6 Å². The van der Waals surface area contributed by atoms with Gasteiger partial charge in [-0.05, 0) is 19.5 Å².